The van der Waals surface area contributed by atoms with Crippen LogP contribution in [0.2, 0.25) is 0 Å². The van der Waals surface area contributed by atoms with Crippen LogP contribution in [0.3, 0.4) is 0 Å². The van der Waals surface area contributed by atoms with Crippen molar-refractivity contribution in [1.29, 1.82) is 0 Å². The van der Waals surface area contributed by atoms with E-state index in [1.54, 1.807) is 0 Å². The summed E-state index contributed by atoms with van der Waals surface area (Å²) in [4.78, 5) is 22.2. The summed E-state index contributed by atoms with van der Waals surface area (Å²) in [7, 11) is 0. The molecule has 0 aliphatic rings. The Balaban J connectivity index is 3.53. The highest BCUT2D eigenvalue weighted by Crippen LogP contribution is 2.34. The number of halogens is 5. The third kappa shape index (κ3) is 3.49. The second kappa shape index (κ2) is 5.22. The van der Waals surface area contributed by atoms with Crippen LogP contribution in [0, 0.1) is 10.1 Å². The number of carboxylic acid groups (broad SMARTS) is 1. The first-order valence-corrected chi connectivity index (χ1v) is 4.49. The van der Waals surface area contributed by atoms with Gasteiger partial charge in [0.25, 0.3) is 6.43 Å². The van der Waals surface area contributed by atoms with Crippen molar-refractivity contribution in [3.8, 4) is 5.88 Å². The summed E-state index contributed by atoms with van der Waals surface area (Å²) >= 11 is 0. The molecule has 12 heteroatoms. The molecule has 0 radical (unpaired) electrons. The molecule has 1 N–H and O–H groups in total. The number of rotatable bonds is 4. The van der Waals surface area contributed by atoms with Crippen molar-refractivity contribution in [2.75, 3.05) is 0 Å². The monoisotopic (exact) mass is 302 g/mol. The fourth-order valence-corrected chi connectivity index (χ4v) is 1.15. The molecule has 0 saturated heterocycles. The molecular formula is C8H3F5N2O5. The van der Waals surface area contributed by atoms with E-state index in [2.05, 4.69) is 9.72 Å². The zero-order valence-electron chi connectivity index (χ0n) is 9.02. The first kappa shape index (κ1) is 15.5. The minimum Gasteiger partial charge on any atom is -0.477 e. The van der Waals surface area contributed by atoms with Gasteiger partial charge in [-0.3, -0.25) is 0 Å². The number of alkyl halides is 5. The lowest BCUT2D eigenvalue weighted by Gasteiger charge is -2.09. The van der Waals surface area contributed by atoms with Gasteiger partial charge in [0.05, 0.1) is 0 Å². The Morgan fingerprint density at radius 1 is 1.45 bits per heavy atom. The molecule has 0 saturated carbocycles. The number of aromatic nitrogens is 1. The lowest BCUT2D eigenvalue weighted by molar-refractivity contribution is -0.391. The summed E-state index contributed by atoms with van der Waals surface area (Å²) in [5.41, 5.74) is -2.80. The first-order chi connectivity index (χ1) is 9.03. The van der Waals surface area contributed by atoms with Crippen molar-refractivity contribution in [3.05, 3.63) is 27.3 Å². The number of aromatic carboxylic acids is 1. The lowest BCUT2D eigenvalue weighted by atomic mass is 10.2. The standard InChI is InChI=1S/C8H3F5N2O5/c9-4(10)2-1-3(7(16)17)6(20-8(11,12)13)14-5(2)15(18)19/h1,4H,(H,16,17). The third-order valence-corrected chi connectivity index (χ3v) is 1.85. The minimum absolute atomic E-state index is 0.0131. The second-order valence-electron chi connectivity index (χ2n) is 3.16. The van der Waals surface area contributed by atoms with Gasteiger partial charge in [-0.2, -0.15) is 0 Å². The van der Waals surface area contributed by atoms with Gasteiger partial charge in [0.15, 0.2) is 0 Å². The number of carbonyl (C=O) groups is 1. The molecular weight excluding hydrogens is 299 g/mol. The van der Waals surface area contributed by atoms with Crippen molar-refractivity contribution < 1.29 is 41.5 Å². The zero-order valence-corrected chi connectivity index (χ0v) is 9.02. The number of pyridine rings is 1. The van der Waals surface area contributed by atoms with Gasteiger partial charge in [-0.05, 0) is 11.0 Å². The van der Waals surface area contributed by atoms with E-state index in [0.29, 0.717) is 0 Å². The summed E-state index contributed by atoms with van der Waals surface area (Å²) < 4.78 is 64.2. The van der Waals surface area contributed by atoms with Gasteiger partial charge in [-0.15, -0.1) is 13.2 Å². The minimum atomic E-state index is -5.39. The highest BCUT2D eigenvalue weighted by atomic mass is 19.4. The fraction of sp³-hybridized carbons (Fsp3) is 0.250. The van der Waals surface area contributed by atoms with Crippen molar-refractivity contribution in [2.45, 2.75) is 12.8 Å². The Hall–Kier alpha value is -2.53. The van der Waals surface area contributed by atoms with Gasteiger partial charge >= 0.3 is 24.0 Å². The van der Waals surface area contributed by atoms with Crippen LogP contribution in [0.15, 0.2) is 6.07 Å². The van der Waals surface area contributed by atoms with Gasteiger partial charge in [-0.25, -0.2) is 13.6 Å². The Bertz CT molecular complexity index is 559. The number of ether oxygens (including phenoxy) is 1. The van der Waals surface area contributed by atoms with E-state index in [9.17, 15) is 36.9 Å². The molecule has 0 atom stereocenters. The van der Waals surface area contributed by atoms with Crippen molar-refractivity contribution in [1.82, 2.24) is 4.98 Å². The van der Waals surface area contributed by atoms with E-state index in [4.69, 9.17) is 5.11 Å². The molecule has 0 unspecified atom stereocenters. The Morgan fingerprint density at radius 3 is 2.35 bits per heavy atom. The van der Waals surface area contributed by atoms with E-state index < -0.39 is 46.5 Å². The molecule has 0 spiro atoms. The van der Waals surface area contributed by atoms with Crippen LogP contribution in [0.4, 0.5) is 27.8 Å². The predicted octanol–water partition coefficient (Wildman–Crippen LogP) is 2.52. The number of carboxylic acids is 1. The summed E-state index contributed by atoms with van der Waals surface area (Å²) in [6.07, 6.45) is -8.89. The van der Waals surface area contributed by atoms with Crippen LogP contribution in [-0.4, -0.2) is 27.3 Å². The molecule has 1 aromatic heterocycles. The Kier molecular flexibility index (Phi) is 4.06. The maximum atomic E-state index is 12.5. The zero-order chi connectivity index (χ0) is 15.7. The third-order valence-electron chi connectivity index (χ3n) is 1.85. The molecule has 0 aliphatic carbocycles. The van der Waals surface area contributed by atoms with Crippen LogP contribution in [-0.2, 0) is 0 Å². The summed E-state index contributed by atoms with van der Waals surface area (Å²) in [5.74, 6) is -5.38. The predicted molar refractivity (Wildman–Crippen MR) is 49.5 cm³/mol. The maximum Gasteiger partial charge on any atom is 0.575 e. The second-order valence-corrected chi connectivity index (χ2v) is 3.16. The lowest BCUT2D eigenvalue weighted by Crippen LogP contribution is -2.21. The average molecular weight is 302 g/mol. The van der Waals surface area contributed by atoms with Crippen LogP contribution in [0.1, 0.15) is 22.3 Å². The van der Waals surface area contributed by atoms with Gasteiger partial charge in [-0.1, -0.05) is 0 Å². The van der Waals surface area contributed by atoms with Crippen molar-refractivity contribution in [2.24, 2.45) is 0 Å². The van der Waals surface area contributed by atoms with Crippen LogP contribution >= 0.6 is 0 Å². The molecule has 1 heterocycles. The van der Waals surface area contributed by atoms with Gasteiger partial charge in [0.1, 0.15) is 11.1 Å². The molecule has 7 nitrogen and oxygen atoms in total. The highest BCUT2D eigenvalue weighted by molar-refractivity contribution is 5.90. The molecule has 0 aliphatic heterocycles. The molecule has 1 aromatic rings. The van der Waals surface area contributed by atoms with Crippen LogP contribution < -0.4 is 4.74 Å². The summed E-state index contributed by atoms with van der Waals surface area (Å²) in [5, 5.41) is 19.0. The number of nitrogens with zero attached hydrogens (tertiary/aromatic N) is 2. The fourth-order valence-electron chi connectivity index (χ4n) is 1.15. The van der Waals surface area contributed by atoms with Crippen molar-refractivity contribution >= 4 is 11.8 Å². The first-order valence-electron chi connectivity index (χ1n) is 4.49. The van der Waals surface area contributed by atoms with Crippen molar-refractivity contribution in [3.63, 3.8) is 0 Å². The van der Waals surface area contributed by atoms with Gasteiger partial charge in [0.2, 0.25) is 0 Å². The molecule has 0 fully saturated rings. The highest BCUT2D eigenvalue weighted by Gasteiger charge is 2.39. The van der Waals surface area contributed by atoms with Gasteiger partial charge < -0.3 is 20.0 Å². The molecule has 20 heavy (non-hydrogen) atoms. The summed E-state index contributed by atoms with van der Waals surface area (Å²) in [6.45, 7) is 0. The Labute approximate surface area is 105 Å². The van der Waals surface area contributed by atoms with Gasteiger partial charge in [0, 0.05) is 4.98 Å². The number of hydrogen-bond acceptors (Lipinski definition) is 5. The van der Waals surface area contributed by atoms with E-state index in [1.165, 1.54) is 0 Å². The van der Waals surface area contributed by atoms with E-state index in [-0.39, 0.29) is 6.07 Å². The molecule has 0 bridgehead atoms. The normalized spacial score (nSPS) is 11.5. The van der Waals surface area contributed by atoms with E-state index in [1.807, 2.05) is 0 Å². The van der Waals surface area contributed by atoms with E-state index in [0.717, 1.165) is 0 Å². The number of nitro groups is 1. The average Bonchev–Trinajstić information content (AvgIpc) is 2.25. The molecule has 110 valence electrons. The summed E-state index contributed by atoms with van der Waals surface area (Å²) in [6, 6.07) is 0.0131. The maximum absolute atomic E-state index is 12.5. The number of hydrogen-bond donors (Lipinski definition) is 1. The molecule has 1 rings (SSSR count). The SMILES string of the molecule is O=C(O)c1cc(C(F)F)c([N+](=O)[O-])nc1OC(F)(F)F. The topological polar surface area (TPSA) is 103 Å². The molecule has 0 aromatic carbocycles. The Morgan fingerprint density at radius 2 is 2.00 bits per heavy atom. The quantitative estimate of drug-likeness (QED) is 0.521. The van der Waals surface area contributed by atoms with E-state index >= 15 is 0 Å². The van der Waals surface area contributed by atoms with Crippen LogP contribution in [0.5, 0.6) is 5.88 Å². The molecule has 0 amide bonds. The van der Waals surface area contributed by atoms with Crippen LogP contribution in [0.25, 0.3) is 0 Å². The largest absolute Gasteiger partial charge is 0.575 e. The smallest absolute Gasteiger partial charge is 0.477 e.